The van der Waals surface area contributed by atoms with Gasteiger partial charge in [-0.05, 0) is 23.8 Å². The summed E-state index contributed by atoms with van der Waals surface area (Å²) in [7, 11) is 0. The summed E-state index contributed by atoms with van der Waals surface area (Å²) in [4.78, 5) is 11.3. The summed E-state index contributed by atoms with van der Waals surface area (Å²) in [6, 6.07) is 17.5. The SMILES string of the molecule is O=CSc1cccc(OCc2ccccc2)c1. The van der Waals surface area contributed by atoms with Gasteiger partial charge >= 0.3 is 0 Å². The van der Waals surface area contributed by atoms with Crippen LogP contribution in [0.1, 0.15) is 5.56 Å². The van der Waals surface area contributed by atoms with Crippen LogP contribution in [0.5, 0.6) is 5.75 Å². The normalized spacial score (nSPS) is 9.88. The van der Waals surface area contributed by atoms with Crippen molar-refractivity contribution in [3.63, 3.8) is 0 Å². The van der Waals surface area contributed by atoms with Gasteiger partial charge in [0.1, 0.15) is 12.4 Å². The standard InChI is InChI=1S/C14H12O2S/c15-11-17-14-8-4-7-13(9-14)16-10-12-5-2-1-3-6-12/h1-9,11H,10H2. The molecule has 0 unspecified atom stereocenters. The lowest BCUT2D eigenvalue weighted by Crippen LogP contribution is -1.94. The molecule has 0 spiro atoms. The van der Waals surface area contributed by atoms with E-state index in [0.29, 0.717) is 6.61 Å². The predicted octanol–water partition coefficient (Wildman–Crippen LogP) is 3.55. The summed E-state index contributed by atoms with van der Waals surface area (Å²) >= 11 is 1.15. The molecule has 2 nitrogen and oxygen atoms in total. The van der Waals surface area contributed by atoms with Gasteiger partial charge in [0.05, 0.1) is 0 Å². The minimum Gasteiger partial charge on any atom is -0.489 e. The molecule has 0 aliphatic heterocycles. The van der Waals surface area contributed by atoms with Gasteiger partial charge in [-0.25, -0.2) is 0 Å². The van der Waals surface area contributed by atoms with Crippen molar-refractivity contribution < 1.29 is 9.53 Å². The molecule has 0 atom stereocenters. The van der Waals surface area contributed by atoms with Crippen molar-refractivity contribution in [2.75, 3.05) is 0 Å². The lowest BCUT2D eigenvalue weighted by Gasteiger charge is -2.06. The number of hydrogen-bond donors (Lipinski definition) is 0. The second-order valence-electron chi connectivity index (χ2n) is 3.46. The molecule has 0 saturated heterocycles. The van der Waals surface area contributed by atoms with Crippen LogP contribution in [0, 0.1) is 0 Å². The highest BCUT2D eigenvalue weighted by Gasteiger charge is 1.98. The minimum absolute atomic E-state index is 0.538. The second kappa shape index (κ2) is 6.11. The maximum atomic E-state index is 10.4. The van der Waals surface area contributed by atoms with Crippen LogP contribution in [0.2, 0.25) is 0 Å². The Morgan fingerprint density at radius 3 is 2.65 bits per heavy atom. The van der Waals surface area contributed by atoms with Crippen LogP contribution in [-0.2, 0) is 11.4 Å². The van der Waals surface area contributed by atoms with Crippen molar-refractivity contribution in [2.24, 2.45) is 0 Å². The molecule has 0 N–H and O–H groups in total. The molecule has 0 fully saturated rings. The molecule has 0 aliphatic rings. The minimum atomic E-state index is 0.538. The third kappa shape index (κ3) is 3.64. The van der Waals surface area contributed by atoms with Crippen LogP contribution in [0.15, 0.2) is 59.5 Å². The molecular formula is C14H12O2S. The molecule has 0 saturated carbocycles. The summed E-state index contributed by atoms with van der Waals surface area (Å²) in [5.74, 6) is 0.778. The maximum absolute atomic E-state index is 10.4. The predicted molar refractivity (Wildman–Crippen MR) is 69.8 cm³/mol. The average Bonchev–Trinajstić information content (AvgIpc) is 2.39. The summed E-state index contributed by atoms with van der Waals surface area (Å²) in [5, 5.41) is 0. The van der Waals surface area contributed by atoms with Crippen molar-refractivity contribution in [3.05, 3.63) is 60.2 Å². The number of rotatable bonds is 5. The first-order chi connectivity index (χ1) is 8.38. The summed E-state index contributed by atoms with van der Waals surface area (Å²) < 4.78 is 5.65. The number of carbonyl (C=O) groups excluding carboxylic acids is 1. The number of benzene rings is 2. The molecule has 3 heteroatoms. The molecular weight excluding hydrogens is 232 g/mol. The van der Waals surface area contributed by atoms with Crippen molar-refractivity contribution >= 4 is 17.4 Å². The molecule has 0 amide bonds. The van der Waals surface area contributed by atoms with Gasteiger partial charge in [-0.2, -0.15) is 0 Å². The van der Waals surface area contributed by atoms with Gasteiger partial charge < -0.3 is 4.74 Å². The number of carbonyl (C=O) groups is 1. The van der Waals surface area contributed by atoms with Gasteiger partial charge in [-0.15, -0.1) is 0 Å². The third-order valence-corrected chi connectivity index (χ3v) is 2.86. The zero-order valence-corrected chi connectivity index (χ0v) is 10.0. The second-order valence-corrected chi connectivity index (χ2v) is 4.36. The largest absolute Gasteiger partial charge is 0.489 e. The van der Waals surface area contributed by atoms with E-state index in [9.17, 15) is 4.79 Å². The molecule has 0 bridgehead atoms. The van der Waals surface area contributed by atoms with E-state index in [0.717, 1.165) is 33.6 Å². The van der Waals surface area contributed by atoms with E-state index in [4.69, 9.17) is 4.74 Å². The summed E-state index contributed by atoms with van der Waals surface area (Å²) in [6.45, 7) is 0.538. The van der Waals surface area contributed by atoms with Crippen LogP contribution in [0.25, 0.3) is 0 Å². The Balaban J connectivity index is 1.99. The Morgan fingerprint density at radius 2 is 1.88 bits per heavy atom. The van der Waals surface area contributed by atoms with E-state index in [1.807, 2.05) is 54.6 Å². The first-order valence-corrected chi connectivity index (χ1v) is 6.13. The van der Waals surface area contributed by atoms with Crippen LogP contribution >= 0.6 is 11.8 Å². The summed E-state index contributed by atoms with van der Waals surface area (Å²) in [6.07, 6.45) is 0. The van der Waals surface area contributed by atoms with E-state index in [2.05, 4.69) is 0 Å². The molecule has 0 radical (unpaired) electrons. The van der Waals surface area contributed by atoms with Gasteiger partial charge in [0, 0.05) is 4.90 Å². The van der Waals surface area contributed by atoms with Crippen molar-refractivity contribution in [3.8, 4) is 5.75 Å². The summed E-state index contributed by atoms with van der Waals surface area (Å²) in [5.41, 5.74) is 1.94. The van der Waals surface area contributed by atoms with Gasteiger partial charge in [0.15, 0.2) is 5.62 Å². The molecule has 86 valence electrons. The number of thioether (sulfide) groups is 1. The highest BCUT2D eigenvalue weighted by Crippen LogP contribution is 2.21. The lowest BCUT2D eigenvalue weighted by molar-refractivity contribution is 0.305. The Morgan fingerprint density at radius 1 is 1.06 bits per heavy atom. The molecule has 0 aliphatic carbocycles. The topological polar surface area (TPSA) is 26.3 Å². The zero-order chi connectivity index (χ0) is 11.9. The number of hydrogen-bond acceptors (Lipinski definition) is 3. The Bertz CT molecular complexity index is 483. The fourth-order valence-electron chi connectivity index (χ4n) is 1.43. The monoisotopic (exact) mass is 244 g/mol. The van der Waals surface area contributed by atoms with Crippen LogP contribution in [0.4, 0.5) is 0 Å². The highest BCUT2D eigenvalue weighted by molar-refractivity contribution is 8.11. The third-order valence-electron chi connectivity index (χ3n) is 2.24. The molecule has 2 aromatic rings. The van der Waals surface area contributed by atoms with Crippen LogP contribution in [-0.4, -0.2) is 5.62 Å². The van der Waals surface area contributed by atoms with Gasteiger partial charge in [0.2, 0.25) is 0 Å². The van der Waals surface area contributed by atoms with E-state index in [1.54, 1.807) is 0 Å². The quantitative estimate of drug-likeness (QED) is 0.594. The maximum Gasteiger partial charge on any atom is 0.180 e. The molecule has 0 aromatic heterocycles. The lowest BCUT2D eigenvalue weighted by atomic mass is 10.2. The Labute approximate surface area is 105 Å². The van der Waals surface area contributed by atoms with E-state index in [-0.39, 0.29) is 0 Å². The smallest absolute Gasteiger partial charge is 0.180 e. The van der Waals surface area contributed by atoms with Gasteiger partial charge in [0.25, 0.3) is 0 Å². The van der Waals surface area contributed by atoms with Crippen LogP contribution in [0.3, 0.4) is 0 Å². The zero-order valence-electron chi connectivity index (χ0n) is 9.21. The molecule has 2 rings (SSSR count). The van der Waals surface area contributed by atoms with E-state index >= 15 is 0 Å². The van der Waals surface area contributed by atoms with Crippen molar-refractivity contribution in [2.45, 2.75) is 11.5 Å². The average molecular weight is 244 g/mol. The van der Waals surface area contributed by atoms with E-state index in [1.165, 1.54) is 0 Å². The molecule has 2 aromatic carbocycles. The Kier molecular flexibility index (Phi) is 4.22. The molecule has 0 heterocycles. The number of ether oxygens (including phenoxy) is 1. The fraction of sp³-hybridized carbons (Fsp3) is 0.0714. The first-order valence-electron chi connectivity index (χ1n) is 5.25. The van der Waals surface area contributed by atoms with Crippen molar-refractivity contribution in [1.82, 2.24) is 0 Å². The van der Waals surface area contributed by atoms with Gasteiger partial charge in [-0.1, -0.05) is 48.2 Å². The molecule has 17 heavy (non-hydrogen) atoms. The van der Waals surface area contributed by atoms with E-state index < -0.39 is 0 Å². The van der Waals surface area contributed by atoms with Gasteiger partial charge in [-0.3, -0.25) is 4.79 Å². The first kappa shape index (κ1) is 11.7. The Hall–Kier alpha value is -1.74. The fourth-order valence-corrected chi connectivity index (χ4v) is 1.89. The highest BCUT2D eigenvalue weighted by atomic mass is 32.2. The van der Waals surface area contributed by atoms with Crippen molar-refractivity contribution in [1.29, 1.82) is 0 Å². The van der Waals surface area contributed by atoms with Crippen LogP contribution < -0.4 is 4.74 Å².